The second-order valence-corrected chi connectivity index (χ2v) is 4.79. The molecule has 0 saturated heterocycles. The Morgan fingerprint density at radius 3 is 2.85 bits per heavy atom. The van der Waals surface area contributed by atoms with Crippen LogP contribution in [0.1, 0.15) is 0 Å². The lowest BCUT2D eigenvalue weighted by atomic mass is 10.3. The summed E-state index contributed by atoms with van der Waals surface area (Å²) in [5, 5.41) is 14.1. The van der Waals surface area contributed by atoms with E-state index >= 15 is 0 Å². The number of nitrogens with one attached hydrogen (secondary N) is 1. The molecule has 104 valence electrons. The van der Waals surface area contributed by atoms with Crippen molar-refractivity contribution in [3.05, 3.63) is 44.1 Å². The molecule has 0 spiro atoms. The van der Waals surface area contributed by atoms with E-state index in [4.69, 9.17) is 16.3 Å². The quantitative estimate of drug-likeness (QED) is 0.662. The summed E-state index contributed by atoms with van der Waals surface area (Å²) in [5.41, 5.74) is -0.203. The van der Waals surface area contributed by atoms with Crippen molar-refractivity contribution in [2.45, 2.75) is 0 Å². The van der Waals surface area contributed by atoms with E-state index in [1.54, 1.807) is 7.05 Å². The summed E-state index contributed by atoms with van der Waals surface area (Å²) in [7, 11) is 1.68. The van der Waals surface area contributed by atoms with E-state index in [0.29, 0.717) is 15.3 Å². The fourth-order valence-electron chi connectivity index (χ4n) is 1.42. The van der Waals surface area contributed by atoms with Crippen LogP contribution in [0.4, 0.5) is 11.5 Å². The monoisotopic (exact) mass is 358 g/mol. The molecule has 0 amide bonds. The minimum absolute atomic E-state index is 0.00366. The molecule has 2 aromatic rings. The molecular formula is C11H8BrClN4O3. The van der Waals surface area contributed by atoms with Gasteiger partial charge in [0.25, 0.3) is 0 Å². The molecule has 0 radical (unpaired) electrons. The summed E-state index contributed by atoms with van der Waals surface area (Å²) < 4.78 is 5.92. The lowest BCUT2D eigenvalue weighted by Crippen LogP contribution is -1.99. The van der Waals surface area contributed by atoms with Gasteiger partial charge in [0.2, 0.25) is 11.6 Å². The van der Waals surface area contributed by atoms with Gasteiger partial charge in [-0.15, -0.1) is 0 Å². The number of anilines is 1. The fourth-order valence-corrected chi connectivity index (χ4v) is 2.07. The van der Waals surface area contributed by atoms with E-state index in [9.17, 15) is 10.1 Å². The third-order valence-electron chi connectivity index (χ3n) is 2.32. The van der Waals surface area contributed by atoms with Crippen LogP contribution in [0.25, 0.3) is 0 Å². The molecule has 1 aromatic carbocycles. The minimum atomic E-state index is -0.556. The second kappa shape index (κ2) is 6.02. The Morgan fingerprint density at radius 2 is 2.20 bits per heavy atom. The Morgan fingerprint density at radius 1 is 1.45 bits per heavy atom. The first kappa shape index (κ1) is 14.5. The van der Waals surface area contributed by atoms with Crippen molar-refractivity contribution in [2.24, 2.45) is 0 Å². The Hall–Kier alpha value is -1.93. The van der Waals surface area contributed by atoms with Crippen LogP contribution in [0, 0.1) is 10.1 Å². The van der Waals surface area contributed by atoms with Gasteiger partial charge in [0.1, 0.15) is 16.6 Å². The zero-order valence-electron chi connectivity index (χ0n) is 10.1. The highest BCUT2D eigenvalue weighted by molar-refractivity contribution is 9.10. The molecule has 1 heterocycles. The van der Waals surface area contributed by atoms with Crippen LogP contribution in [0.5, 0.6) is 11.6 Å². The summed E-state index contributed by atoms with van der Waals surface area (Å²) in [5.74, 6) is 0.651. The van der Waals surface area contributed by atoms with Crippen LogP contribution < -0.4 is 10.1 Å². The molecule has 2 rings (SSSR count). The molecule has 0 unspecified atom stereocenters. The predicted octanol–water partition coefficient (Wildman–Crippen LogP) is 3.63. The van der Waals surface area contributed by atoms with Crippen LogP contribution in [0.3, 0.4) is 0 Å². The number of nitro groups is 1. The third-order valence-corrected chi connectivity index (χ3v) is 3.27. The molecule has 1 aromatic heterocycles. The summed E-state index contributed by atoms with van der Waals surface area (Å²) in [6.07, 6.45) is 1.28. The molecule has 0 atom stereocenters. The van der Waals surface area contributed by atoms with Gasteiger partial charge in [-0.1, -0.05) is 11.6 Å². The molecule has 0 aliphatic rings. The van der Waals surface area contributed by atoms with Crippen LogP contribution in [0.15, 0.2) is 29.0 Å². The van der Waals surface area contributed by atoms with E-state index < -0.39 is 4.92 Å². The molecule has 0 aliphatic heterocycles. The van der Waals surface area contributed by atoms with E-state index in [1.807, 2.05) is 0 Å². The average Bonchev–Trinajstić information content (AvgIpc) is 2.41. The van der Waals surface area contributed by atoms with E-state index in [-0.39, 0.29) is 17.3 Å². The van der Waals surface area contributed by atoms with Gasteiger partial charge in [-0.3, -0.25) is 10.1 Å². The Bertz CT molecular complexity index is 668. The lowest BCUT2D eigenvalue weighted by molar-refractivity contribution is -0.385. The Labute approximate surface area is 127 Å². The second-order valence-electron chi connectivity index (χ2n) is 3.56. The number of nitrogens with zero attached hydrogens (tertiary/aromatic N) is 3. The summed E-state index contributed by atoms with van der Waals surface area (Å²) in [6.45, 7) is 0. The first-order valence-corrected chi connectivity index (χ1v) is 6.50. The van der Waals surface area contributed by atoms with Crippen molar-refractivity contribution in [2.75, 3.05) is 12.4 Å². The number of nitro benzene ring substituents is 1. The van der Waals surface area contributed by atoms with Gasteiger partial charge in [0.15, 0.2) is 0 Å². The molecular weight excluding hydrogens is 352 g/mol. The van der Waals surface area contributed by atoms with Crippen molar-refractivity contribution in [3.63, 3.8) is 0 Å². The van der Waals surface area contributed by atoms with Crippen molar-refractivity contribution >= 4 is 39.0 Å². The Kier molecular flexibility index (Phi) is 4.35. The number of halogens is 2. The summed E-state index contributed by atoms with van der Waals surface area (Å²) in [6, 6.07) is 4.04. The fraction of sp³-hybridized carbons (Fsp3) is 0.0909. The molecule has 1 N–H and O–H groups in total. The normalized spacial score (nSPS) is 10.2. The van der Waals surface area contributed by atoms with Crippen LogP contribution >= 0.6 is 27.5 Å². The smallest absolute Gasteiger partial charge is 0.311 e. The zero-order chi connectivity index (χ0) is 14.7. The van der Waals surface area contributed by atoms with Gasteiger partial charge >= 0.3 is 5.69 Å². The van der Waals surface area contributed by atoms with Gasteiger partial charge in [-0.25, -0.2) is 9.97 Å². The van der Waals surface area contributed by atoms with Gasteiger partial charge in [-0.2, -0.15) is 0 Å². The third kappa shape index (κ3) is 2.97. The number of benzene rings is 1. The lowest BCUT2D eigenvalue weighted by Gasteiger charge is -2.09. The SMILES string of the molecule is CNc1ncnc(Oc2cc(Cl)ccc2[N+](=O)[O-])c1Br. The summed E-state index contributed by atoms with van der Waals surface area (Å²) >= 11 is 9.09. The minimum Gasteiger partial charge on any atom is -0.430 e. The maximum Gasteiger partial charge on any atom is 0.311 e. The molecule has 0 bridgehead atoms. The van der Waals surface area contributed by atoms with E-state index in [1.165, 1.54) is 24.5 Å². The number of hydrogen-bond acceptors (Lipinski definition) is 6. The number of hydrogen-bond donors (Lipinski definition) is 1. The molecule has 0 aliphatic carbocycles. The first-order valence-electron chi connectivity index (χ1n) is 5.33. The molecule has 7 nitrogen and oxygen atoms in total. The van der Waals surface area contributed by atoms with Crippen molar-refractivity contribution in [1.29, 1.82) is 0 Å². The van der Waals surface area contributed by atoms with Crippen molar-refractivity contribution in [3.8, 4) is 11.6 Å². The topological polar surface area (TPSA) is 90.2 Å². The van der Waals surface area contributed by atoms with Crippen molar-refractivity contribution < 1.29 is 9.66 Å². The van der Waals surface area contributed by atoms with Crippen LogP contribution in [0.2, 0.25) is 5.02 Å². The highest BCUT2D eigenvalue weighted by atomic mass is 79.9. The number of rotatable bonds is 4. The number of ether oxygens (including phenoxy) is 1. The van der Waals surface area contributed by atoms with E-state index in [2.05, 4.69) is 31.2 Å². The Balaban J connectivity index is 2.44. The highest BCUT2D eigenvalue weighted by Crippen LogP contribution is 2.37. The standard InChI is InChI=1S/C11H8BrClN4O3/c1-14-10-9(12)11(16-5-15-10)20-8-4-6(13)2-3-7(8)17(18)19/h2-5H,1H3,(H,14,15,16). The number of aromatic nitrogens is 2. The largest absolute Gasteiger partial charge is 0.430 e. The maximum atomic E-state index is 11.0. The van der Waals surface area contributed by atoms with E-state index in [0.717, 1.165) is 0 Å². The van der Waals surface area contributed by atoms with Crippen LogP contribution in [-0.4, -0.2) is 21.9 Å². The van der Waals surface area contributed by atoms with Gasteiger partial charge in [0.05, 0.1) is 4.92 Å². The molecule has 0 fully saturated rings. The average molecular weight is 360 g/mol. The summed E-state index contributed by atoms with van der Waals surface area (Å²) in [4.78, 5) is 18.3. The zero-order valence-corrected chi connectivity index (χ0v) is 12.5. The van der Waals surface area contributed by atoms with Gasteiger partial charge < -0.3 is 10.1 Å². The molecule has 9 heteroatoms. The maximum absolute atomic E-state index is 11.0. The van der Waals surface area contributed by atoms with Gasteiger partial charge in [0, 0.05) is 24.2 Å². The van der Waals surface area contributed by atoms with Crippen LogP contribution in [-0.2, 0) is 0 Å². The van der Waals surface area contributed by atoms with Crippen molar-refractivity contribution in [1.82, 2.24) is 9.97 Å². The highest BCUT2D eigenvalue weighted by Gasteiger charge is 2.19. The first-order chi connectivity index (χ1) is 9.52. The molecule has 20 heavy (non-hydrogen) atoms. The molecule has 0 saturated carbocycles. The predicted molar refractivity (Wildman–Crippen MR) is 77.5 cm³/mol. The van der Waals surface area contributed by atoms with Gasteiger partial charge in [-0.05, 0) is 22.0 Å².